The number of benzene rings is 2. The van der Waals surface area contributed by atoms with Crippen LogP contribution in [-0.2, 0) is 0 Å². The van der Waals surface area contributed by atoms with Crippen molar-refractivity contribution in [2.75, 3.05) is 14.2 Å². The van der Waals surface area contributed by atoms with Crippen LogP contribution in [-0.4, -0.2) is 14.2 Å². The van der Waals surface area contributed by atoms with Crippen molar-refractivity contribution in [2.45, 2.75) is 19.9 Å². The third kappa shape index (κ3) is 3.68. The summed E-state index contributed by atoms with van der Waals surface area (Å²) in [5.41, 5.74) is 4.72. The molecule has 1 atom stereocenters. The van der Waals surface area contributed by atoms with Crippen LogP contribution in [0.3, 0.4) is 0 Å². The summed E-state index contributed by atoms with van der Waals surface area (Å²) in [6, 6.07) is 10.7. The minimum absolute atomic E-state index is 0.0769. The molecule has 0 fully saturated rings. The van der Waals surface area contributed by atoms with Gasteiger partial charge in [-0.05, 0) is 61.9 Å². The van der Waals surface area contributed by atoms with Crippen molar-refractivity contribution in [2.24, 2.45) is 0 Å². The van der Waals surface area contributed by atoms with Crippen molar-refractivity contribution in [3.05, 3.63) is 61.5 Å². The van der Waals surface area contributed by atoms with Gasteiger partial charge in [0.05, 0.1) is 13.2 Å². The number of rotatable bonds is 4. The number of nitrogens with one attached hydrogen (secondary N) is 1. The van der Waals surface area contributed by atoms with Crippen molar-refractivity contribution < 1.29 is 4.74 Å². The molecule has 0 aliphatic heterocycles. The third-order valence-electron chi connectivity index (χ3n) is 3.51. The van der Waals surface area contributed by atoms with Crippen LogP contribution >= 0.6 is 31.9 Å². The van der Waals surface area contributed by atoms with Crippen LogP contribution in [0.4, 0.5) is 0 Å². The molecule has 0 aliphatic carbocycles. The molecule has 0 heterocycles. The van der Waals surface area contributed by atoms with E-state index in [2.05, 4.69) is 81.4 Å². The summed E-state index contributed by atoms with van der Waals surface area (Å²) in [6.07, 6.45) is 0. The molecule has 21 heavy (non-hydrogen) atoms. The quantitative estimate of drug-likeness (QED) is 0.749. The molecule has 0 amide bonds. The zero-order valence-electron chi connectivity index (χ0n) is 12.6. The normalized spacial score (nSPS) is 12.3. The first kappa shape index (κ1) is 16.5. The van der Waals surface area contributed by atoms with E-state index in [0.29, 0.717) is 0 Å². The molecule has 0 aromatic heterocycles. The van der Waals surface area contributed by atoms with Gasteiger partial charge in [-0.3, -0.25) is 0 Å². The van der Waals surface area contributed by atoms with Gasteiger partial charge in [0, 0.05) is 14.5 Å². The minimum atomic E-state index is 0.0769. The van der Waals surface area contributed by atoms with Crippen molar-refractivity contribution >= 4 is 31.9 Å². The first-order chi connectivity index (χ1) is 9.96. The summed E-state index contributed by atoms with van der Waals surface area (Å²) in [5, 5.41) is 3.39. The second kappa shape index (κ2) is 6.95. The van der Waals surface area contributed by atoms with Gasteiger partial charge < -0.3 is 10.1 Å². The Labute approximate surface area is 143 Å². The van der Waals surface area contributed by atoms with Crippen LogP contribution in [0.2, 0.25) is 0 Å². The molecule has 0 radical (unpaired) electrons. The Kier molecular flexibility index (Phi) is 5.47. The number of hydrogen-bond donors (Lipinski definition) is 1. The highest BCUT2D eigenvalue weighted by Crippen LogP contribution is 2.35. The average Bonchev–Trinajstić information content (AvgIpc) is 2.42. The lowest BCUT2D eigenvalue weighted by atomic mass is 9.96. The lowest BCUT2D eigenvalue weighted by molar-refractivity contribution is 0.405. The fourth-order valence-electron chi connectivity index (χ4n) is 2.51. The molecule has 0 spiro atoms. The van der Waals surface area contributed by atoms with Gasteiger partial charge in [0.25, 0.3) is 0 Å². The summed E-state index contributed by atoms with van der Waals surface area (Å²) in [4.78, 5) is 0. The topological polar surface area (TPSA) is 21.3 Å². The monoisotopic (exact) mass is 411 g/mol. The van der Waals surface area contributed by atoms with Crippen molar-refractivity contribution in [3.63, 3.8) is 0 Å². The van der Waals surface area contributed by atoms with Crippen LogP contribution in [0.15, 0.2) is 39.3 Å². The molecular formula is C17H19Br2NO. The predicted molar refractivity (Wildman–Crippen MR) is 95.2 cm³/mol. The van der Waals surface area contributed by atoms with Crippen LogP contribution in [0.1, 0.15) is 28.3 Å². The lowest BCUT2D eigenvalue weighted by Crippen LogP contribution is -2.19. The number of halogens is 2. The molecule has 2 rings (SSSR count). The Morgan fingerprint density at radius 3 is 2.33 bits per heavy atom. The van der Waals surface area contributed by atoms with E-state index in [-0.39, 0.29) is 6.04 Å². The number of aryl methyl sites for hydroxylation is 2. The van der Waals surface area contributed by atoms with E-state index >= 15 is 0 Å². The summed E-state index contributed by atoms with van der Waals surface area (Å²) in [7, 11) is 3.68. The number of hydrogen-bond acceptors (Lipinski definition) is 2. The maximum absolute atomic E-state index is 5.57. The van der Waals surface area contributed by atoms with Gasteiger partial charge in [-0.2, -0.15) is 0 Å². The van der Waals surface area contributed by atoms with Gasteiger partial charge in [0.15, 0.2) is 0 Å². The molecule has 0 saturated heterocycles. The summed E-state index contributed by atoms with van der Waals surface area (Å²) in [6.45, 7) is 4.16. The summed E-state index contributed by atoms with van der Waals surface area (Å²) >= 11 is 7.19. The van der Waals surface area contributed by atoms with Gasteiger partial charge in [-0.1, -0.05) is 37.9 Å². The maximum atomic E-state index is 5.57. The first-order valence-corrected chi connectivity index (χ1v) is 8.33. The molecular weight excluding hydrogens is 394 g/mol. The fraction of sp³-hybridized carbons (Fsp3) is 0.294. The van der Waals surface area contributed by atoms with Gasteiger partial charge in [-0.25, -0.2) is 0 Å². The molecule has 0 bridgehead atoms. The van der Waals surface area contributed by atoms with E-state index in [4.69, 9.17) is 4.74 Å². The Bertz CT molecular complexity index is 635. The van der Waals surface area contributed by atoms with Crippen LogP contribution in [0.5, 0.6) is 5.75 Å². The lowest BCUT2D eigenvalue weighted by Gasteiger charge is -2.21. The molecule has 0 aliphatic rings. The molecule has 0 saturated carbocycles. The van der Waals surface area contributed by atoms with Gasteiger partial charge >= 0.3 is 0 Å². The Balaban J connectivity index is 2.58. The molecule has 2 nitrogen and oxygen atoms in total. The van der Waals surface area contributed by atoms with Crippen LogP contribution in [0, 0.1) is 13.8 Å². The summed E-state index contributed by atoms with van der Waals surface area (Å²) in [5.74, 6) is 0.896. The Morgan fingerprint density at radius 2 is 1.76 bits per heavy atom. The number of ether oxygens (including phenoxy) is 1. The van der Waals surface area contributed by atoms with E-state index < -0.39 is 0 Å². The second-order valence-corrected chi connectivity index (χ2v) is 6.90. The van der Waals surface area contributed by atoms with E-state index in [0.717, 1.165) is 25.8 Å². The Morgan fingerprint density at radius 1 is 1.05 bits per heavy atom. The molecule has 112 valence electrons. The fourth-order valence-corrected chi connectivity index (χ4v) is 3.49. The SMILES string of the molecule is CNC(c1cc(C)cc(Br)c1)c1cc(Br)c(C)cc1OC. The zero-order valence-corrected chi connectivity index (χ0v) is 15.8. The highest BCUT2D eigenvalue weighted by atomic mass is 79.9. The van der Waals surface area contributed by atoms with E-state index in [1.54, 1.807) is 7.11 Å². The number of methoxy groups -OCH3 is 1. The average molecular weight is 413 g/mol. The molecule has 2 aromatic carbocycles. The largest absolute Gasteiger partial charge is 0.496 e. The molecule has 4 heteroatoms. The maximum Gasteiger partial charge on any atom is 0.124 e. The minimum Gasteiger partial charge on any atom is -0.496 e. The van der Waals surface area contributed by atoms with Gasteiger partial charge in [0.1, 0.15) is 5.75 Å². The highest BCUT2D eigenvalue weighted by molar-refractivity contribution is 9.10. The van der Waals surface area contributed by atoms with Gasteiger partial charge in [0.2, 0.25) is 0 Å². The summed E-state index contributed by atoms with van der Waals surface area (Å²) < 4.78 is 7.75. The van der Waals surface area contributed by atoms with E-state index in [1.165, 1.54) is 11.1 Å². The Hall–Kier alpha value is -0.840. The van der Waals surface area contributed by atoms with Crippen molar-refractivity contribution in [1.29, 1.82) is 0 Å². The highest BCUT2D eigenvalue weighted by Gasteiger charge is 2.18. The molecule has 2 aromatic rings. The standard InChI is InChI=1S/C17H19Br2NO/c1-10-5-12(8-13(18)6-10)17(20-3)14-9-15(19)11(2)7-16(14)21-4/h5-9,17,20H,1-4H3. The second-order valence-electron chi connectivity index (χ2n) is 5.13. The van der Waals surface area contributed by atoms with Gasteiger partial charge in [-0.15, -0.1) is 0 Å². The van der Waals surface area contributed by atoms with Crippen molar-refractivity contribution in [1.82, 2.24) is 5.32 Å². The smallest absolute Gasteiger partial charge is 0.124 e. The van der Waals surface area contributed by atoms with E-state index in [1.807, 2.05) is 7.05 Å². The molecule has 1 unspecified atom stereocenters. The van der Waals surface area contributed by atoms with E-state index in [9.17, 15) is 0 Å². The van der Waals surface area contributed by atoms with Crippen LogP contribution in [0.25, 0.3) is 0 Å². The first-order valence-electron chi connectivity index (χ1n) is 6.74. The van der Waals surface area contributed by atoms with Crippen LogP contribution < -0.4 is 10.1 Å². The molecule has 1 N–H and O–H groups in total. The zero-order chi connectivity index (χ0) is 15.6. The van der Waals surface area contributed by atoms with Crippen molar-refractivity contribution in [3.8, 4) is 5.75 Å². The predicted octanol–water partition coefficient (Wildman–Crippen LogP) is 5.15. The third-order valence-corrected chi connectivity index (χ3v) is 4.82.